The fraction of sp³-hybridized carbons (Fsp3) is 0.0526. The Morgan fingerprint density at radius 2 is 1.65 bits per heavy atom. The molecular formula is C19H15O. The second-order valence-corrected chi connectivity index (χ2v) is 4.55. The minimum atomic E-state index is 0.545. The van der Waals surface area contributed by atoms with Crippen molar-refractivity contribution in [1.82, 2.24) is 0 Å². The maximum atomic E-state index is 5.69. The van der Waals surface area contributed by atoms with Gasteiger partial charge >= 0.3 is 0 Å². The first kappa shape index (κ1) is 12.5. The summed E-state index contributed by atoms with van der Waals surface area (Å²) in [4.78, 5) is 0. The van der Waals surface area contributed by atoms with Gasteiger partial charge in [-0.3, -0.25) is 0 Å². The fourth-order valence-electron chi connectivity index (χ4n) is 2.08. The molecule has 0 fully saturated rings. The van der Waals surface area contributed by atoms with Crippen LogP contribution in [0.1, 0.15) is 5.56 Å². The Labute approximate surface area is 119 Å². The molecular weight excluding hydrogens is 244 g/mol. The summed E-state index contributed by atoms with van der Waals surface area (Å²) in [5.41, 5.74) is 1.18. The number of hydrogen-bond donors (Lipinski definition) is 0. The summed E-state index contributed by atoms with van der Waals surface area (Å²) in [5.74, 6) is 0.779. The highest BCUT2D eigenvalue weighted by Gasteiger charge is 1.96. The van der Waals surface area contributed by atoms with Crippen molar-refractivity contribution in [2.75, 3.05) is 6.61 Å². The Bertz CT molecular complexity index is 714. The lowest BCUT2D eigenvalue weighted by atomic mass is 10.1. The Morgan fingerprint density at radius 3 is 2.50 bits per heavy atom. The van der Waals surface area contributed by atoms with E-state index < -0.39 is 0 Å². The minimum absolute atomic E-state index is 0.545. The largest absolute Gasteiger partial charge is 0.489 e. The molecule has 3 rings (SSSR count). The second-order valence-electron chi connectivity index (χ2n) is 4.55. The number of hydrogen-bond acceptors (Lipinski definition) is 1. The molecule has 3 aromatic carbocycles. The predicted molar refractivity (Wildman–Crippen MR) is 83.8 cm³/mol. The molecule has 1 radical (unpaired) electrons. The van der Waals surface area contributed by atoms with Gasteiger partial charge in [0.05, 0.1) is 0 Å². The highest BCUT2D eigenvalue weighted by atomic mass is 16.5. The standard InChI is InChI=1S/C19H15O/c1-2-7-16(8-3-1)9-6-14-20-19-13-12-17-10-4-5-11-18(17)15-19/h1-12,15H,14H2/b9-6+. The van der Waals surface area contributed by atoms with Crippen LogP contribution >= 0.6 is 0 Å². The summed E-state index contributed by atoms with van der Waals surface area (Å²) in [5, 5.41) is 2.35. The van der Waals surface area contributed by atoms with Gasteiger partial charge < -0.3 is 4.74 Å². The molecule has 0 unspecified atom stereocenters. The second kappa shape index (κ2) is 6.07. The highest BCUT2D eigenvalue weighted by Crippen LogP contribution is 2.19. The molecule has 97 valence electrons. The van der Waals surface area contributed by atoms with Crippen LogP contribution in [0.5, 0.6) is 5.75 Å². The lowest BCUT2D eigenvalue weighted by Crippen LogP contribution is -1.93. The zero-order chi connectivity index (χ0) is 13.6. The van der Waals surface area contributed by atoms with Gasteiger partial charge in [-0.25, -0.2) is 0 Å². The molecule has 0 aliphatic rings. The van der Waals surface area contributed by atoms with E-state index in [2.05, 4.69) is 36.4 Å². The van der Waals surface area contributed by atoms with E-state index in [9.17, 15) is 0 Å². The number of fused-ring (bicyclic) bond motifs is 1. The van der Waals surface area contributed by atoms with Crippen molar-refractivity contribution in [3.05, 3.63) is 84.4 Å². The van der Waals surface area contributed by atoms with Crippen molar-refractivity contribution in [2.45, 2.75) is 0 Å². The van der Waals surface area contributed by atoms with Crippen LogP contribution in [0, 0.1) is 6.07 Å². The maximum absolute atomic E-state index is 5.69. The third-order valence-electron chi connectivity index (χ3n) is 3.10. The number of rotatable bonds is 4. The zero-order valence-electron chi connectivity index (χ0n) is 11.1. The molecule has 3 aromatic rings. The molecule has 0 aliphatic carbocycles. The molecule has 0 atom stereocenters. The first-order chi connectivity index (χ1) is 9.92. The first-order valence-electron chi connectivity index (χ1n) is 6.67. The quantitative estimate of drug-likeness (QED) is 0.658. The summed E-state index contributed by atoms with van der Waals surface area (Å²) in [6.07, 6.45) is 4.07. The van der Waals surface area contributed by atoms with E-state index in [1.807, 2.05) is 48.5 Å². The van der Waals surface area contributed by atoms with Crippen LogP contribution in [0.25, 0.3) is 16.8 Å². The van der Waals surface area contributed by atoms with E-state index in [1.165, 1.54) is 16.3 Å². The molecule has 0 aliphatic heterocycles. The SMILES string of the molecule is [c]1cc2ccccc2cc1OC/C=C/c1ccccc1. The van der Waals surface area contributed by atoms with Gasteiger partial charge in [0.15, 0.2) is 0 Å². The Balaban J connectivity index is 1.64. The Hall–Kier alpha value is -2.54. The molecule has 0 bridgehead atoms. The molecule has 0 spiro atoms. The zero-order valence-corrected chi connectivity index (χ0v) is 11.1. The van der Waals surface area contributed by atoms with E-state index in [0.717, 1.165) is 5.75 Å². The molecule has 20 heavy (non-hydrogen) atoms. The molecule has 0 saturated heterocycles. The topological polar surface area (TPSA) is 9.23 Å². The molecule has 0 N–H and O–H groups in total. The van der Waals surface area contributed by atoms with Gasteiger partial charge in [-0.2, -0.15) is 0 Å². The molecule has 1 nitrogen and oxygen atoms in total. The van der Waals surface area contributed by atoms with E-state index in [-0.39, 0.29) is 0 Å². The molecule has 0 amide bonds. The van der Waals surface area contributed by atoms with Gasteiger partial charge in [0.25, 0.3) is 0 Å². The number of ether oxygens (including phenoxy) is 1. The third-order valence-corrected chi connectivity index (χ3v) is 3.10. The molecule has 0 aromatic heterocycles. The summed E-state index contributed by atoms with van der Waals surface area (Å²) < 4.78 is 5.69. The molecule has 1 heteroatoms. The summed E-state index contributed by atoms with van der Waals surface area (Å²) >= 11 is 0. The average Bonchev–Trinajstić information content (AvgIpc) is 2.52. The van der Waals surface area contributed by atoms with Gasteiger partial charge in [-0.1, -0.05) is 60.7 Å². The van der Waals surface area contributed by atoms with Crippen LogP contribution < -0.4 is 4.74 Å². The third kappa shape index (κ3) is 3.07. The molecule has 0 saturated carbocycles. The van der Waals surface area contributed by atoms with Gasteiger partial charge in [-0.15, -0.1) is 0 Å². The van der Waals surface area contributed by atoms with E-state index >= 15 is 0 Å². The van der Waals surface area contributed by atoms with E-state index in [0.29, 0.717) is 6.61 Å². The summed E-state index contributed by atoms with van der Waals surface area (Å²) in [7, 11) is 0. The van der Waals surface area contributed by atoms with Crippen LogP contribution in [0.3, 0.4) is 0 Å². The van der Waals surface area contributed by atoms with Gasteiger partial charge in [0.2, 0.25) is 0 Å². The lowest BCUT2D eigenvalue weighted by molar-refractivity contribution is 0.363. The summed E-state index contributed by atoms with van der Waals surface area (Å²) in [6, 6.07) is 25.5. The lowest BCUT2D eigenvalue weighted by Gasteiger charge is -2.04. The maximum Gasteiger partial charge on any atom is 0.128 e. The fourth-order valence-corrected chi connectivity index (χ4v) is 2.08. The van der Waals surface area contributed by atoms with Crippen LogP contribution in [0.4, 0.5) is 0 Å². The van der Waals surface area contributed by atoms with Crippen LogP contribution in [0.2, 0.25) is 0 Å². The van der Waals surface area contributed by atoms with Gasteiger partial charge in [0.1, 0.15) is 12.4 Å². The van der Waals surface area contributed by atoms with Crippen molar-refractivity contribution in [2.24, 2.45) is 0 Å². The van der Waals surface area contributed by atoms with E-state index in [4.69, 9.17) is 4.74 Å². The van der Waals surface area contributed by atoms with Crippen molar-refractivity contribution >= 4 is 16.8 Å². The summed E-state index contributed by atoms with van der Waals surface area (Å²) in [6.45, 7) is 0.545. The van der Waals surface area contributed by atoms with Gasteiger partial charge in [-0.05, 0) is 34.5 Å². The Morgan fingerprint density at radius 1 is 0.900 bits per heavy atom. The monoisotopic (exact) mass is 259 g/mol. The van der Waals surface area contributed by atoms with Crippen molar-refractivity contribution in [3.63, 3.8) is 0 Å². The van der Waals surface area contributed by atoms with Crippen LogP contribution in [0.15, 0.2) is 72.8 Å². The first-order valence-corrected chi connectivity index (χ1v) is 6.67. The average molecular weight is 259 g/mol. The van der Waals surface area contributed by atoms with Crippen molar-refractivity contribution in [1.29, 1.82) is 0 Å². The van der Waals surface area contributed by atoms with Gasteiger partial charge in [0, 0.05) is 6.07 Å². The van der Waals surface area contributed by atoms with Crippen molar-refractivity contribution < 1.29 is 4.74 Å². The van der Waals surface area contributed by atoms with E-state index in [1.54, 1.807) is 0 Å². The predicted octanol–water partition coefficient (Wildman–Crippen LogP) is 4.73. The highest BCUT2D eigenvalue weighted by molar-refractivity contribution is 5.83. The Kier molecular flexibility index (Phi) is 3.79. The molecule has 0 heterocycles. The van der Waals surface area contributed by atoms with Crippen molar-refractivity contribution in [3.8, 4) is 5.75 Å². The van der Waals surface area contributed by atoms with Crippen LogP contribution in [-0.4, -0.2) is 6.61 Å². The minimum Gasteiger partial charge on any atom is -0.489 e. The smallest absolute Gasteiger partial charge is 0.128 e. The van der Waals surface area contributed by atoms with Crippen LogP contribution in [-0.2, 0) is 0 Å². The normalized spacial score (nSPS) is 11.0. The number of benzene rings is 3.